The highest BCUT2D eigenvalue weighted by atomic mass is 35.5. The second-order valence-corrected chi connectivity index (χ2v) is 7.16. The molecule has 1 aromatic rings. The Morgan fingerprint density at radius 3 is 2.43 bits per heavy atom. The van der Waals surface area contributed by atoms with Gasteiger partial charge in [-0.05, 0) is 37.8 Å². The molecule has 2 N–H and O–H groups in total. The van der Waals surface area contributed by atoms with E-state index >= 15 is 0 Å². The lowest BCUT2D eigenvalue weighted by Gasteiger charge is -2.20. The molecule has 5 heteroatoms. The average Bonchev–Trinajstić information content (AvgIpc) is 3.30. The summed E-state index contributed by atoms with van der Waals surface area (Å²) < 4.78 is 0. The first kappa shape index (κ1) is 17.1. The Kier molecular flexibility index (Phi) is 5.53. The number of hydrogen-bond donors (Lipinski definition) is 2. The first-order valence-corrected chi connectivity index (χ1v) is 9.23. The van der Waals surface area contributed by atoms with E-state index in [2.05, 4.69) is 24.6 Å². The molecule has 2 aliphatic rings. The summed E-state index contributed by atoms with van der Waals surface area (Å²) in [4.78, 5) is 5.84. The van der Waals surface area contributed by atoms with Gasteiger partial charge in [0.25, 0.3) is 0 Å². The van der Waals surface area contributed by atoms with Crippen molar-refractivity contribution < 1.29 is 4.84 Å². The third kappa shape index (κ3) is 3.69. The van der Waals surface area contributed by atoms with Crippen molar-refractivity contribution in [3.8, 4) is 0 Å². The molecule has 3 nitrogen and oxygen atoms in total. The van der Waals surface area contributed by atoms with Crippen LogP contribution in [0.25, 0.3) is 0 Å². The minimum atomic E-state index is -0.0753. The summed E-state index contributed by atoms with van der Waals surface area (Å²) in [7, 11) is 0. The maximum absolute atomic E-state index is 6.41. The number of hydroxylamine groups is 1. The molecule has 1 aliphatic carbocycles. The van der Waals surface area contributed by atoms with Gasteiger partial charge in [0.15, 0.2) is 0 Å². The Hall–Kier alpha value is -0.740. The van der Waals surface area contributed by atoms with Gasteiger partial charge in [-0.15, -0.1) is 5.48 Å². The SMILES string of the molecule is CCC(CC)NCC1=C(C2CC2)ONC1c1c(Cl)cccc1Cl. The Morgan fingerprint density at radius 2 is 1.87 bits per heavy atom. The van der Waals surface area contributed by atoms with Crippen LogP contribution in [0.5, 0.6) is 0 Å². The second-order valence-electron chi connectivity index (χ2n) is 6.35. The van der Waals surface area contributed by atoms with Crippen molar-refractivity contribution in [1.82, 2.24) is 10.8 Å². The molecular formula is C18H24Cl2N2O. The molecule has 1 saturated carbocycles. The summed E-state index contributed by atoms with van der Waals surface area (Å²) in [6.07, 6.45) is 4.64. The number of allylic oxidation sites excluding steroid dienone is 1. The van der Waals surface area contributed by atoms with E-state index in [0.717, 1.165) is 30.7 Å². The minimum Gasteiger partial charge on any atom is -0.412 e. The van der Waals surface area contributed by atoms with Crippen LogP contribution in [0, 0.1) is 5.92 Å². The molecule has 1 unspecified atom stereocenters. The van der Waals surface area contributed by atoms with E-state index in [1.807, 2.05) is 18.2 Å². The van der Waals surface area contributed by atoms with Gasteiger partial charge in [-0.1, -0.05) is 43.1 Å². The van der Waals surface area contributed by atoms with Gasteiger partial charge < -0.3 is 10.2 Å². The lowest BCUT2D eigenvalue weighted by Crippen LogP contribution is -2.31. The van der Waals surface area contributed by atoms with E-state index in [-0.39, 0.29) is 6.04 Å². The fourth-order valence-corrected chi connectivity index (χ4v) is 3.75. The van der Waals surface area contributed by atoms with Crippen LogP contribution >= 0.6 is 23.2 Å². The van der Waals surface area contributed by atoms with Gasteiger partial charge in [0.2, 0.25) is 0 Å². The number of hydrogen-bond acceptors (Lipinski definition) is 3. The highest BCUT2D eigenvalue weighted by molar-refractivity contribution is 6.36. The molecule has 1 fully saturated rings. The molecule has 0 bridgehead atoms. The van der Waals surface area contributed by atoms with Gasteiger partial charge >= 0.3 is 0 Å². The largest absolute Gasteiger partial charge is 0.412 e. The molecule has 3 rings (SSSR count). The Bertz CT molecular complexity index is 574. The van der Waals surface area contributed by atoms with Crippen LogP contribution in [0.4, 0.5) is 0 Å². The number of benzene rings is 1. The van der Waals surface area contributed by atoms with Crippen molar-refractivity contribution in [2.45, 2.75) is 51.6 Å². The second kappa shape index (κ2) is 7.43. The van der Waals surface area contributed by atoms with Crippen molar-refractivity contribution in [1.29, 1.82) is 0 Å². The molecule has 1 aliphatic heterocycles. The predicted molar refractivity (Wildman–Crippen MR) is 95.5 cm³/mol. The molecule has 126 valence electrons. The molecule has 1 aromatic carbocycles. The van der Waals surface area contributed by atoms with Crippen molar-refractivity contribution in [3.05, 3.63) is 45.1 Å². The summed E-state index contributed by atoms with van der Waals surface area (Å²) in [6.45, 7) is 5.23. The molecule has 0 spiro atoms. The zero-order chi connectivity index (χ0) is 16.4. The molecular weight excluding hydrogens is 331 g/mol. The van der Waals surface area contributed by atoms with E-state index in [1.54, 1.807) is 0 Å². The summed E-state index contributed by atoms with van der Waals surface area (Å²) >= 11 is 12.8. The summed E-state index contributed by atoms with van der Waals surface area (Å²) in [5.74, 6) is 1.64. The van der Waals surface area contributed by atoms with E-state index in [4.69, 9.17) is 28.0 Å². The number of halogens is 2. The topological polar surface area (TPSA) is 33.3 Å². The first-order chi connectivity index (χ1) is 11.2. The molecule has 0 saturated heterocycles. The van der Waals surface area contributed by atoms with Crippen molar-refractivity contribution in [2.75, 3.05) is 6.54 Å². The lowest BCUT2D eigenvalue weighted by atomic mass is 9.97. The Labute approximate surface area is 148 Å². The smallest absolute Gasteiger partial charge is 0.129 e. The third-order valence-electron chi connectivity index (χ3n) is 4.75. The highest BCUT2D eigenvalue weighted by Crippen LogP contribution is 2.46. The van der Waals surface area contributed by atoms with Crippen molar-refractivity contribution in [3.63, 3.8) is 0 Å². The van der Waals surface area contributed by atoms with Gasteiger partial charge in [-0.3, -0.25) is 0 Å². The summed E-state index contributed by atoms with van der Waals surface area (Å²) in [5, 5.41) is 5.00. The summed E-state index contributed by atoms with van der Waals surface area (Å²) in [6, 6.07) is 6.08. The standard InChI is InChI=1S/C18H24Cl2N2O/c1-3-12(4-2)21-10-13-17(22-23-18(13)11-8-9-11)16-14(19)6-5-7-15(16)20/h5-7,11-12,17,21-22H,3-4,8-10H2,1-2H3. The van der Waals surface area contributed by atoms with Crippen LogP contribution in [-0.4, -0.2) is 12.6 Å². The molecule has 0 radical (unpaired) electrons. The molecule has 0 aromatic heterocycles. The normalized spacial score (nSPS) is 21.2. The van der Waals surface area contributed by atoms with E-state index in [0.29, 0.717) is 22.0 Å². The van der Waals surface area contributed by atoms with Crippen LogP contribution in [0.2, 0.25) is 10.0 Å². The zero-order valence-corrected chi connectivity index (χ0v) is 15.2. The molecule has 0 amide bonds. The van der Waals surface area contributed by atoms with Crippen LogP contribution in [0.3, 0.4) is 0 Å². The van der Waals surface area contributed by atoms with Gasteiger partial charge in [0.05, 0.1) is 6.04 Å². The average molecular weight is 355 g/mol. The van der Waals surface area contributed by atoms with E-state index in [1.165, 1.54) is 18.4 Å². The van der Waals surface area contributed by atoms with Gasteiger partial charge in [-0.2, -0.15) is 0 Å². The molecule has 23 heavy (non-hydrogen) atoms. The number of rotatable bonds is 7. The van der Waals surface area contributed by atoms with Crippen LogP contribution in [0.15, 0.2) is 29.5 Å². The van der Waals surface area contributed by atoms with Gasteiger partial charge in [0.1, 0.15) is 5.76 Å². The fourth-order valence-electron chi connectivity index (χ4n) is 3.13. The minimum absolute atomic E-state index is 0.0753. The lowest BCUT2D eigenvalue weighted by molar-refractivity contribution is 0.106. The van der Waals surface area contributed by atoms with E-state index < -0.39 is 0 Å². The maximum Gasteiger partial charge on any atom is 0.129 e. The van der Waals surface area contributed by atoms with Gasteiger partial charge in [0, 0.05) is 39.7 Å². The van der Waals surface area contributed by atoms with Crippen molar-refractivity contribution >= 4 is 23.2 Å². The quantitative estimate of drug-likeness (QED) is 0.721. The van der Waals surface area contributed by atoms with Crippen LogP contribution < -0.4 is 10.8 Å². The first-order valence-electron chi connectivity index (χ1n) is 8.48. The van der Waals surface area contributed by atoms with Gasteiger partial charge in [-0.25, -0.2) is 0 Å². The predicted octanol–water partition coefficient (Wildman–Crippen LogP) is 5.01. The molecule has 1 atom stereocenters. The van der Waals surface area contributed by atoms with Crippen LogP contribution in [0.1, 0.15) is 51.1 Å². The molecule has 1 heterocycles. The Balaban J connectivity index is 1.87. The number of nitrogens with one attached hydrogen (secondary N) is 2. The van der Waals surface area contributed by atoms with E-state index in [9.17, 15) is 0 Å². The fraction of sp³-hybridized carbons (Fsp3) is 0.556. The van der Waals surface area contributed by atoms with Crippen LogP contribution in [-0.2, 0) is 4.84 Å². The Morgan fingerprint density at radius 1 is 1.22 bits per heavy atom. The maximum atomic E-state index is 6.41. The monoisotopic (exact) mass is 354 g/mol. The summed E-state index contributed by atoms with van der Waals surface area (Å²) in [5.41, 5.74) is 5.31. The third-order valence-corrected chi connectivity index (χ3v) is 5.41. The zero-order valence-electron chi connectivity index (χ0n) is 13.7. The highest BCUT2D eigenvalue weighted by Gasteiger charge is 2.39. The van der Waals surface area contributed by atoms with Crippen molar-refractivity contribution in [2.24, 2.45) is 5.92 Å².